The van der Waals surface area contributed by atoms with Gasteiger partial charge in [-0.25, -0.2) is 18.3 Å². The zero-order valence-electron chi connectivity index (χ0n) is 10.7. The minimum absolute atomic E-state index is 0.0234. The molecule has 104 valence electrons. The maximum absolute atomic E-state index is 12.0. The van der Waals surface area contributed by atoms with E-state index in [4.69, 9.17) is 4.74 Å². The van der Waals surface area contributed by atoms with Crippen LogP contribution in [0.4, 0.5) is 0 Å². The van der Waals surface area contributed by atoms with Gasteiger partial charge in [-0.3, -0.25) is 4.57 Å². The van der Waals surface area contributed by atoms with Crippen LogP contribution in [0.3, 0.4) is 0 Å². The average molecular weight is 277 g/mol. The Morgan fingerprint density at radius 3 is 2.72 bits per heavy atom. The average Bonchev–Trinajstić information content (AvgIpc) is 2.68. The summed E-state index contributed by atoms with van der Waals surface area (Å²) in [7, 11) is -1.94. The van der Waals surface area contributed by atoms with Gasteiger partial charge < -0.3 is 4.74 Å². The van der Waals surface area contributed by atoms with Crippen LogP contribution in [0, 0.1) is 0 Å². The summed E-state index contributed by atoms with van der Waals surface area (Å²) >= 11 is 0. The molecular formula is C10H19N3O4S. The van der Waals surface area contributed by atoms with E-state index in [0.717, 1.165) is 0 Å². The molecule has 1 aromatic rings. The van der Waals surface area contributed by atoms with Crippen molar-refractivity contribution in [3.63, 3.8) is 0 Å². The Labute approximate surface area is 106 Å². The first-order valence-corrected chi connectivity index (χ1v) is 7.55. The number of hydrogen-bond acceptors (Lipinski definition) is 5. The van der Waals surface area contributed by atoms with E-state index in [1.165, 1.54) is 4.57 Å². The molecular weight excluding hydrogens is 258 g/mol. The Kier molecular flexibility index (Phi) is 5.54. The van der Waals surface area contributed by atoms with Crippen molar-refractivity contribution in [2.24, 2.45) is 0 Å². The van der Waals surface area contributed by atoms with E-state index in [-0.39, 0.29) is 10.9 Å². The van der Waals surface area contributed by atoms with E-state index in [2.05, 4.69) is 10.2 Å². The standard InChI is InChI=1S/C10H19N3O4S/c1-3-6-13-9(14)11-12-10(13)18(15,16)8-5-4-7-17-2/h3-8H2,1-2H3,(H,11,14). The normalized spacial score (nSPS) is 11.9. The molecule has 0 aliphatic heterocycles. The van der Waals surface area contributed by atoms with Crippen LogP contribution in [0.2, 0.25) is 0 Å². The van der Waals surface area contributed by atoms with Crippen molar-refractivity contribution in [2.75, 3.05) is 19.5 Å². The summed E-state index contributed by atoms with van der Waals surface area (Å²) in [5.74, 6) is -0.0234. The summed E-state index contributed by atoms with van der Waals surface area (Å²) in [4.78, 5) is 11.4. The molecule has 1 heterocycles. The molecule has 0 saturated heterocycles. The number of unbranched alkanes of at least 4 members (excludes halogenated alkanes) is 1. The molecule has 18 heavy (non-hydrogen) atoms. The van der Waals surface area contributed by atoms with Crippen molar-refractivity contribution in [3.05, 3.63) is 10.5 Å². The number of rotatable bonds is 8. The monoisotopic (exact) mass is 277 g/mol. The lowest BCUT2D eigenvalue weighted by Crippen LogP contribution is -2.22. The molecule has 8 heteroatoms. The highest BCUT2D eigenvalue weighted by Gasteiger charge is 2.22. The third-order valence-electron chi connectivity index (χ3n) is 2.46. The van der Waals surface area contributed by atoms with E-state index >= 15 is 0 Å². The maximum atomic E-state index is 12.0. The van der Waals surface area contributed by atoms with Crippen LogP contribution in [0.5, 0.6) is 0 Å². The number of methoxy groups -OCH3 is 1. The summed E-state index contributed by atoms with van der Waals surface area (Å²) in [6.07, 6.45) is 1.83. The van der Waals surface area contributed by atoms with E-state index in [9.17, 15) is 13.2 Å². The van der Waals surface area contributed by atoms with Crippen molar-refractivity contribution in [1.29, 1.82) is 0 Å². The molecule has 0 spiro atoms. The molecule has 0 aliphatic rings. The van der Waals surface area contributed by atoms with Crippen molar-refractivity contribution >= 4 is 9.84 Å². The Morgan fingerprint density at radius 2 is 2.11 bits per heavy atom. The number of H-pyrrole nitrogens is 1. The van der Waals surface area contributed by atoms with Gasteiger partial charge in [0.25, 0.3) is 0 Å². The molecule has 0 aliphatic carbocycles. The quantitative estimate of drug-likeness (QED) is 0.684. The third kappa shape index (κ3) is 3.67. The van der Waals surface area contributed by atoms with E-state index in [0.29, 0.717) is 32.4 Å². The number of sulfone groups is 1. The Balaban J connectivity index is 2.81. The fourth-order valence-corrected chi connectivity index (χ4v) is 3.05. The molecule has 1 aromatic heterocycles. The first kappa shape index (κ1) is 14.9. The smallest absolute Gasteiger partial charge is 0.344 e. The molecule has 0 bridgehead atoms. The first-order valence-electron chi connectivity index (χ1n) is 5.89. The number of aromatic nitrogens is 3. The molecule has 0 amide bonds. The Morgan fingerprint density at radius 1 is 1.39 bits per heavy atom. The summed E-state index contributed by atoms with van der Waals surface area (Å²) in [5, 5.41) is 5.63. The fraction of sp³-hybridized carbons (Fsp3) is 0.800. The predicted molar refractivity (Wildman–Crippen MR) is 66.3 cm³/mol. The molecule has 7 nitrogen and oxygen atoms in total. The van der Waals surface area contributed by atoms with Gasteiger partial charge in [0.15, 0.2) is 0 Å². The number of aromatic amines is 1. The van der Waals surface area contributed by atoms with Gasteiger partial charge in [-0.05, 0) is 19.3 Å². The van der Waals surface area contributed by atoms with Gasteiger partial charge in [0, 0.05) is 20.3 Å². The van der Waals surface area contributed by atoms with Gasteiger partial charge in [-0.1, -0.05) is 6.92 Å². The lowest BCUT2D eigenvalue weighted by molar-refractivity contribution is 0.194. The van der Waals surface area contributed by atoms with Crippen LogP contribution in [-0.4, -0.2) is 42.7 Å². The lowest BCUT2D eigenvalue weighted by atomic mass is 10.4. The fourth-order valence-electron chi connectivity index (χ4n) is 1.59. The summed E-state index contributed by atoms with van der Waals surface area (Å²) in [5.41, 5.74) is -0.479. The van der Waals surface area contributed by atoms with Crippen LogP contribution in [-0.2, 0) is 21.1 Å². The molecule has 0 aromatic carbocycles. The second-order valence-electron chi connectivity index (χ2n) is 3.98. The van der Waals surface area contributed by atoms with Gasteiger partial charge in [0.2, 0.25) is 15.0 Å². The van der Waals surface area contributed by atoms with Crippen molar-refractivity contribution < 1.29 is 13.2 Å². The molecule has 1 rings (SSSR count). The SMILES string of the molecule is CCCn1c(S(=O)(=O)CCCCOC)n[nH]c1=O. The van der Waals surface area contributed by atoms with Crippen molar-refractivity contribution in [1.82, 2.24) is 14.8 Å². The molecule has 1 N–H and O–H groups in total. The topological polar surface area (TPSA) is 94.0 Å². The highest BCUT2D eigenvalue weighted by Crippen LogP contribution is 2.08. The molecule has 0 unspecified atom stereocenters. The highest BCUT2D eigenvalue weighted by molar-refractivity contribution is 7.91. The lowest BCUT2D eigenvalue weighted by Gasteiger charge is -2.05. The Bertz CT molecular complexity index is 517. The van der Waals surface area contributed by atoms with E-state index in [1.54, 1.807) is 7.11 Å². The van der Waals surface area contributed by atoms with E-state index < -0.39 is 15.5 Å². The number of nitrogens with zero attached hydrogens (tertiary/aromatic N) is 2. The van der Waals surface area contributed by atoms with Crippen LogP contribution in [0.1, 0.15) is 26.2 Å². The highest BCUT2D eigenvalue weighted by atomic mass is 32.2. The van der Waals surface area contributed by atoms with Gasteiger partial charge in [-0.15, -0.1) is 5.10 Å². The minimum Gasteiger partial charge on any atom is -0.385 e. The van der Waals surface area contributed by atoms with Crippen LogP contribution < -0.4 is 5.69 Å². The zero-order valence-corrected chi connectivity index (χ0v) is 11.5. The third-order valence-corrected chi connectivity index (χ3v) is 4.15. The molecule has 0 fully saturated rings. The van der Waals surface area contributed by atoms with Crippen LogP contribution >= 0.6 is 0 Å². The number of ether oxygens (including phenoxy) is 1. The second-order valence-corrected chi connectivity index (χ2v) is 5.98. The summed E-state index contributed by atoms with van der Waals surface area (Å²) in [6, 6.07) is 0. The minimum atomic E-state index is -3.51. The van der Waals surface area contributed by atoms with E-state index in [1.807, 2.05) is 6.92 Å². The van der Waals surface area contributed by atoms with Gasteiger partial charge in [-0.2, -0.15) is 0 Å². The van der Waals surface area contributed by atoms with Gasteiger partial charge in [0.05, 0.1) is 5.75 Å². The van der Waals surface area contributed by atoms with Gasteiger partial charge >= 0.3 is 5.69 Å². The van der Waals surface area contributed by atoms with Crippen LogP contribution in [0.25, 0.3) is 0 Å². The maximum Gasteiger partial charge on any atom is 0.344 e. The summed E-state index contributed by atoms with van der Waals surface area (Å²) in [6.45, 7) is 2.74. The number of hydrogen-bond donors (Lipinski definition) is 1. The molecule has 0 saturated carbocycles. The predicted octanol–water partition coefficient (Wildman–Crippen LogP) is 0.182. The molecule has 0 atom stereocenters. The zero-order chi connectivity index (χ0) is 13.6. The second kappa shape index (κ2) is 6.69. The largest absolute Gasteiger partial charge is 0.385 e. The first-order chi connectivity index (χ1) is 8.53. The van der Waals surface area contributed by atoms with Crippen LogP contribution in [0.15, 0.2) is 9.95 Å². The van der Waals surface area contributed by atoms with Gasteiger partial charge in [0.1, 0.15) is 0 Å². The Hall–Kier alpha value is -1.15. The van der Waals surface area contributed by atoms with Crippen molar-refractivity contribution in [3.8, 4) is 0 Å². The summed E-state index contributed by atoms with van der Waals surface area (Å²) < 4.78 is 30.1. The molecule has 0 radical (unpaired) electrons. The number of nitrogens with one attached hydrogen (secondary N) is 1. The van der Waals surface area contributed by atoms with Crippen molar-refractivity contribution in [2.45, 2.75) is 37.9 Å².